The van der Waals surface area contributed by atoms with Crippen molar-refractivity contribution in [3.05, 3.63) is 98.9 Å². The number of aryl methyl sites for hydroxylation is 2. The van der Waals surface area contributed by atoms with E-state index in [1.165, 1.54) is 24.1 Å². The molecule has 4 rings (SSSR count). The van der Waals surface area contributed by atoms with Gasteiger partial charge in [-0.1, -0.05) is 24.3 Å². The zero-order valence-corrected chi connectivity index (χ0v) is 36.1. The number of aliphatic hydroxyl groups excluding tert-OH is 1. The van der Waals surface area contributed by atoms with Crippen LogP contribution in [0.5, 0.6) is 0 Å². The maximum atomic E-state index is 13.6. The van der Waals surface area contributed by atoms with Crippen molar-refractivity contribution < 1.29 is 43.4 Å². The molecule has 0 aliphatic heterocycles. The molecule has 0 spiro atoms. The van der Waals surface area contributed by atoms with Gasteiger partial charge in [0.15, 0.2) is 11.4 Å². The number of carbonyl (C=O) groups excluding carboxylic acids is 4. The molecule has 1 aliphatic carbocycles. The third-order valence-corrected chi connectivity index (χ3v) is 9.32. The maximum Gasteiger partial charge on any atom is 0.425 e. The summed E-state index contributed by atoms with van der Waals surface area (Å²) in [6.07, 6.45) is 4.53. The summed E-state index contributed by atoms with van der Waals surface area (Å²) in [4.78, 5) is 72.6. The lowest BCUT2D eigenvalue weighted by Gasteiger charge is -2.42. The topological polar surface area (TPSA) is 191 Å². The Morgan fingerprint density at radius 2 is 1.47 bits per heavy atom. The Hall–Kier alpha value is -5.83. The van der Waals surface area contributed by atoms with E-state index in [0.717, 1.165) is 21.6 Å². The van der Waals surface area contributed by atoms with Gasteiger partial charge in [0.1, 0.15) is 23.3 Å². The number of nitrogens with one attached hydrogen (secondary N) is 1. The minimum atomic E-state index is -1.66. The number of pyridine rings is 1. The molecule has 2 aromatic carbocycles. The fourth-order valence-corrected chi connectivity index (χ4v) is 7.05. The van der Waals surface area contributed by atoms with Crippen LogP contribution in [0.2, 0.25) is 0 Å². The number of aromatic nitrogens is 1. The van der Waals surface area contributed by atoms with Crippen molar-refractivity contribution in [3.63, 3.8) is 0 Å². The second kappa shape index (κ2) is 17.6. The molecule has 2 atom stereocenters. The highest BCUT2D eigenvalue weighted by molar-refractivity contribution is 6.14. The van der Waals surface area contributed by atoms with Crippen molar-refractivity contribution in [3.8, 4) is 0 Å². The van der Waals surface area contributed by atoms with Crippen LogP contribution in [0, 0.1) is 29.9 Å². The van der Waals surface area contributed by atoms with Gasteiger partial charge in [0, 0.05) is 49.3 Å². The number of ether oxygens (including phenoxy) is 3. The van der Waals surface area contributed by atoms with E-state index in [0.29, 0.717) is 28.4 Å². The van der Waals surface area contributed by atoms with Crippen molar-refractivity contribution in [2.75, 3.05) is 29.9 Å². The van der Waals surface area contributed by atoms with E-state index in [9.17, 15) is 34.4 Å². The van der Waals surface area contributed by atoms with Gasteiger partial charge in [-0.2, -0.15) is 4.90 Å². The third kappa shape index (κ3) is 11.2. The van der Waals surface area contributed by atoms with Gasteiger partial charge in [-0.15, -0.1) is 0 Å². The number of rotatable bonds is 11. The summed E-state index contributed by atoms with van der Waals surface area (Å²) in [6.45, 7) is 19.6. The first kappa shape index (κ1) is 45.9. The molecule has 59 heavy (non-hydrogen) atoms. The van der Waals surface area contributed by atoms with Crippen LogP contribution < -0.4 is 10.2 Å². The van der Waals surface area contributed by atoms with Crippen LogP contribution in [0.1, 0.15) is 91.5 Å². The molecule has 318 valence electrons. The normalized spacial score (nSPS) is 16.8. The second-order valence-electron chi connectivity index (χ2n) is 17.6. The first-order valence-corrected chi connectivity index (χ1v) is 19.4. The van der Waals surface area contributed by atoms with E-state index in [1.54, 1.807) is 98.7 Å². The number of imide groups is 1. The standard InChI is InChI=1S/C44H57N5O10/c1-27-22-32(23-28(2)34(27)19-21-50)44(31(14-13-15-36(44)49(55)56)25-47(29(3)51)26-37(52)57-41(4,5)6)46-33-16-17-35-30(24-33)18-20-45-38(35)48(39(53)58-42(7,8)9)40(54)59-43(10,11)12/h13-18,20,22-24,31,46,50H,19,21,25-26H2,1-12H3. The summed E-state index contributed by atoms with van der Waals surface area (Å²) in [5.41, 5.74) is -1.23. The molecule has 2 N–H and O–H groups in total. The van der Waals surface area contributed by atoms with Crippen molar-refractivity contribution in [1.29, 1.82) is 0 Å². The molecule has 0 saturated heterocycles. The third-order valence-electron chi connectivity index (χ3n) is 9.32. The van der Waals surface area contributed by atoms with E-state index >= 15 is 0 Å². The summed E-state index contributed by atoms with van der Waals surface area (Å²) in [7, 11) is 0. The minimum absolute atomic E-state index is 0.0541. The molecule has 1 aliphatic rings. The quantitative estimate of drug-likeness (QED) is 0.0825. The molecule has 0 radical (unpaired) electrons. The highest BCUT2D eigenvalue weighted by Crippen LogP contribution is 2.46. The number of aliphatic hydroxyl groups is 1. The Balaban J connectivity index is 1.96. The SMILES string of the molecule is CC(=O)N(CC(=O)OC(C)(C)C)CC1C=CC=C([N+](=O)[O-])C1(Nc1ccc2c(N(C(=O)OC(C)(C)C)C(=O)OC(C)(C)C)nccc2c1)c1cc(C)c(CCO)c(C)c1. The minimum Gasteiger partial charge on any atom is -0.459 e. The maximum absolute atomic E-state index is 13.6. The van der Waals surface area contributed by atoms with Gasteiger partial charge in [0.25, 0.3) is 5.70 Å². The molecule has 3 aromatic rings. The average Bonchev–Trinajstić information content (AvgIpc) is 3.07. The van der Waals surface area contributed by atoms with Crippen molar-refractivity contribution in [1.82, 2.24) is 9.88 Å². The fourth-order valence-electron chi connectivity index (χ4n) is 7.05. The van der Waals surface area contributed by atoms with E-state index in [-0.39, 0.29) is 24.7 Å². The predicted molar refractivity (Wildman–Crippen MR) is 225 cm³/mol. The second-order valence-corrected chi connectivity index (χ2v) is 17.6. The number of nitrogens with zero attached hydrogens (tertiary/aromatic N) is 4. The monoisotopic (exact) mass is 815 g/mol. The number of nitro groups is 1. The van der Waals surface area contributed by atoms with E-state index in [4.69, 9.17) is 14.2 Å². The number of hydrogen-bond donors (Lipinski definition) is 2. The predicted octanol–water partition coefficient (Wildman–Crippen LogP) is 7.91. The van der Waals surface area contributed by atoms with Gasteiger partial charge in [-0.25, -0.2) is 14.6 Å². The summed E-state index contributed by atoms with van der Waals surface area (Å²) in [6, 6.07) is 10.3. The lowest BCUT2D eigenvalue weighted by molar-refractivity contribution is -0.436. The lowest BCUT2D eigenvalue weighted by Crippen LogP contribution is -2.52. The Morgan fingerprint density at radius 1 is 0.898 bits per heavy atom. The van der Waals surface area contributed by atoms with Gasteiger partial charge < -0.3 is 29.5 Å². The molecule has 0 saturated carbocycles. The van der Waals surface area contributed by atoms with Gasteiger partial charge in [0.2, 0.25) is 5.91 Å². The fraction of sp³-hybridized carbons (Fsp3) is 0.477. The molecule has 2 unspecified atom stereocenters. The highest BCUT2D eigenvalue weighted by Gasteiger charge is 2.52. The first-order chi connectivity index (χ1) is 27.3. The molecule has 0 fully saturated rings. The van der Waals surface area contributed by atoms with Crippen LogP contribution in [0.4, 0.5) is 21.1 Å². The number of esters is 1. The molecule has 15 heteroatoms. The van der Waals surface area contributed by atoms with Gasteiger partial charge in [-0.05, 0) is 134 Å². The van der Waals surface area contributed by atoms with Crippen LogP contribution in [-0.4, -0.2) is 80.5 Å². The number of benzene rings is 2. The Bertz CT molecular complexity index is 2130. The van der Waals surface area contributed by atoms with E-state index in [2.05, 4.69) is 10.3 Å². The zero-order valence-electron chi connectivity index (χ0n) is 36.1. The molecule has 3 amide bonds. The van der Waals surface area contributed by atoms with E-state index < -0.39 is 63.8 Å². The van der Waals surface area contributed by atoms with Crippen molar-refractivity contribution in [2.45, 2.75) is 112 Å². The molecular weight excluding hydrogens is 759 g/mol. The Kier molecular flexibility index (Phi) is 13.7. The zero-order chi connectivity index (χ0) is 44.2. The molecule has 1 heterocycles. The number of allylic oxidation sites excluding steroid dienone is 2. The van der Waals surface area contributed by atoms with Gasteiger partial charge in [-0.3, -0.25) is 19.7 Å². The number of hydrogen-bond acceptors (Lipinski definition) is 12. The first-order valence-electron chi connectivity index (χ1n) is 19.4. The lowest BCUT2D eigenvalue weighted by atomic mass is 9.71. The van der Waals surface area contributed by atoms with Crippen LogP contribution in [0.25, 0.3) is 10.8 Å². The smallest absolute Gasteiger partial charge is 0.425 e. The van der Waals surface area contributed by atoms with Crippen LogP contribution >= 0.6 is 0 Å². The molecular formula is C44H57N5O10. The Labute approximate surface area is 345 Å². The van der Waals surface area contributed by atoms with Crippen molar-refractivity contribution in [2.24, 2.45) is 5.92 Å². The summed E-state index contributed by atoms with van der Waals surface area (Å²) >= 11 is 0. The van der Waals surface area contributed by atoms with Crippen LogP contribution in [0.15, 0.2) is 66.5 Å². The summed E-state index contributed by atoms with van der Waals surface area (Å²) < 4.78 is 16.7. The molecule has 15 nitrogen and oxygen atoms in total. The summed E-state index contributed by atoms with van der Waals surface area (Å²) in [5.74, 6) is -1.96. The van der Waals surface area contributed by atoms with Gasteiger partial charge >= 0.3 is 18.2 Å². The number of anilines is 2. The molecule has 1 aromatic heterocycles. The van der Waals surface area contributed by atoms with Crippen molar-refractivity contribution >= 4 is 46.3 Å². The number of carbonyl (C=O) groups is 4. The largest absolute Gasteiger partial charge is 0.459 e. The highest BCUT2D eigenvalue weighted by atomic mass is 16.6. The average molecular weight is 816 g/mol. The summed E-state index contributed by atoms with van der Waals surface area (Å²) in [5, 5.41) is 27.4. The van der Waals surface area contributed by atoms with Gasteiger partial charge in [0.05, 0.1) is 4.92 Å². The number of amides is 3. The van der Waals surface area contributed by atoms with E-state index in [1.807, 2.05) is 26.0 Å². The Morgan fingerprint density at radius 3 is 1.98 bits per heavy atom. The molecule has 0 bridgehead atoms. The van der Waals surface area contributed by atoms with Crippen LogP contribution in [-0.2, 0) is 35.8 Å². The number of fused-ring (bicyclic) bond motifs is 1. The van der Waals surface area contributed by atoms with Crippen LogP contribution in [0.3, 0.4) is 0 Å².